The van der Waals surface area contributed by atoms with E-state index in [1.54, 1.807) is 10.7 Å². The van der Waals surface area contributed by atoms with Crippen LogP contribution in [-0.2, 0) is 16.1 Å². The topological polar surface area (TPSA) is 105 Å². The molecule has 1 heterocycles. The molecule has 0 unspecified atom stereocenters. The van der Waals surface area contributed by atoms with E-state index >= 15 is 0 Å². The molecule has 0 bridgehead atoms. The highest BCUT2D eigenvalue weighted by atomic mass is 19.1. The monoisotopic (exact) mass is 404 g/mol. The highest BCUT2D eigenvalue weighted by Crippen LogP contribution is 2.26. The van der Waals surface area contributed by atoms with Crippen LogP contribution in [0.1, 0.15) is 18.5 Å². The van der Waals surface area contributed by atoms with Crippen LogP contribution in [0.15, 0.2) is 36.5 Å². The van der Waals surface area contributed by atoms with E-state index in [0.717, 1.165) is 5.69 Å². The third-order valence-corrected chi connectivity index (χ3v) is 4.83. The molecule has 1 aromatic carbocycles. The molecule has 8 nitrogen and oxygen atoms in total. The molecule has 3 atom stereocenters. The third-order valence-electron chi connectivity index (χ3n) is 4.83. The second-order valence-corrected chi connectivity index (χ2v) is 7.17. The number of aliphatic hydroxyl groups excluding tert-OH is 1. The minimum atomic E-state index is -0.808. The summed E-state index contributed by atoms with van der Waals surface area (Å²) in [7, 11) is 0. The molecule has 29 heavy (non-hydrogen) atoms. The van der Waals surface area contributed by atoms with Crippen LogP contribution < -0.4 is 15.4 Å². The molecule has 1 aliphatic rings. The number of aryl methyl sites for hydroxylation is 1. The normalized spacial score (nSPS) is 21.0. The van der Waals surface area contributed by atoms with Gasteiger partial charge in [-0.1, -0.05) is 6.07 Å². The predicted octanol–water partition coefficient (Wildman–Crippen LogP) is 0.782. The van der Waals surface area contributed by atoms with Gasteiger partial charge in [-0.3, -0.25) is 14.3 Å². The van der Waals surface area contributed by atoms with Crippen molar-refractivity contribution in [3.8, 4) is 5.75 Å². The lowest BCUT2D eigenvalue weighted by molar-refractivity contribution is -0.126. The second-order valence-electron chi connectivity index (χ2n) is 7.17. The van der Waals surface area contributed by atoms with Gasteiger partial charge in [-0.25, -0.2) is 4.39 Å². The van der Waals surface area contributed by atoms with E-state index in [-0.39, 0.29) is 30.6 Å². The van der Waals surface area contributed by atoms with E-state index in [4.69, 9.17) is 4.74 Å². The van der Waals surface area contributed by atoms with Gasteiger partial charge >= 0.3 is 0 Å². The molecule has 2 aromatic rings. The minimum Gasteiger partial charge on any atom is -0.484 e. The fraction of sp³-hybridized carbons (Fsp3) is 0.450. The van der Waals surface area contributed by atoms with Gasteiger partial charge < -0.3 is 20.5 Å². The van der Waals surface area contributed by atoms with Gasteiger partial charge in [-0.05, 0) is 38.0 Å². The predicted molar refractivity (Wildman–Crippen MR) is 103 cm³/mol. The summed E-state index contributed by atoms with van der Waals surface area (Å²) >= 11 is 0. The maximum absolute atomic E-state index is 13.1. The molecule has 1 aliphatic carbocycles. The Hall–Kier alpha value is -2.94. The lowest BCUT2D eigenvalue weighted by Crippen LogP contribution is -2.42. The number of aliphatic hydroxyl groups is 1. The Labute approximate surface area is 168 Å². The lowest BCUT2D eigenvalue weighted by atomic mass is 10.1. The summed E-state index contributed by atoms with van der Waals surface area (Å²) in [5.74, 6) is -1.17. The van der Waals surface area contributed by atoms with Crippen LogP contribution in [0.3, 0.4) is 0 Å². The van der Waals surface area contributed by atoms with Crippen molar-refractivity contribution in [3.05, 3.63) is 48.0 Å². The fourth-order valence-electron chi connectivity index (χ4n) is 3.36. The molecule has 3 rings (SSSR count). The van der Waals surface area contributed by atoms with Crippen molar-refractivity contribution >= 4 is 11.8 Å². The average Bonchev–Trinajstić information content (AvgIpc) is 3.26. The first-order valence-corrected chi connectivity index (χ1v) is 9.54. The Morgan fingerprint density at radius 2 is 2.17 bits per heavy atom. The summed E-state index contributed by atoms with van der Waals surface area (Å²) in [4.78, 5) is 24.4. The van der Waals surface area contributed by atoms with Crippen LogP contribution in [0.25, 0.3) is 0 Å². The average molecular weight is 404 g/mol. The summed E-state index contributed by atoms with van der Waals surface area (Å²) in [6.45, 7) is 2.59. The van der Waals surface area contributed by atoms with E-state index in [0.29, 0.717) is 19.5 Å². The van der Waals surface area contributed by atoms with Crippen molar-refractivity contribution in [2.75, 3.05) is 13.2 Å². The molecular weight excluding hydrogens is 379 g/mol. The number of nitrogens with one attached hydrogen (secondary N) is 2. The smallest absolute Gasteiger partial charge is 0.258 e. The van der Waals surface area contributed by atoms with E-state index in [9.17, 15) is 19.1 Å². The standard InChI is InChI=1S/C20H25FN4O4/c1-13-5-7-25(24-13)8-6-22-20(28)14-9-17(18(26)10-14)23-19(27)12-29-16-4-2-3-15(21)11-16/h2-5,7,11,14,17-18,26H,6,8-10,12H2,1H3,(H,22,28)(H,23,27)/t14-,17-,18-/m0/s1. The van der Waals surface area contributed by atoms with Gasteiger partial charge in [0.15, 0.2) is 6.61 Å². The number of carbonyl (C=O) groups excluding carboxylic acids is 2. The van der Waals surface area contributed by atoms with Crippen LogP contribution in [-0.4, -0.2) is 52.0 Å². The van der Waals surface area contributed by atoms with Gasteiger partial charge in [0.1, 0.15) is 11.6 Å². The first kappa shape index (κ1) is 20.8. The largest absolute Gasteiger partial charge is 0.484 e. The number of ether oxygens (including phenoxy) is 1. The second kappa shape index (κ2) is 9.51. The molecule has 156 valence electrons. The number of hydrogen-bond donors (Lipinski definition) is 3. The summed E-state index contributed by atoms with van der Waals surface area (Å²) < 4.78 is 20.1. The molecule has 0 spiro atoms. The van der Waals surface area contributed by atoms with Crippen LogP contribution in [0.4, 0.5) is 4.39 Å². The SMILES string of the molecule is Cc1ccn(CCNC(=O)[C@H]2C[C@H](NC(=O)COc3cccc(F)c3)[C@@H](O)C2)n1. The molecule has 2 amide bonds. The zero-order valence-corrected chi connectivity index (χ0v) is 16.2. The van der Waals surface area contributed by atoms with Crippen molar-refractivity contribution in [2.24, 2.45) is 5.92 Å². The van der Waals surface area contributed by atoms with Crippen molar-refractivity contribution in [1.29, 1.82) is 0 Å². The Balaban J connectivity index is 1.40. The van der Waals surface area contributed by atoms with Gasteiger partial charge in [0.2, 0.25) is 5.91 Å². The molecule has 0 saturated heterocycles. The zero-order chi connectivity index (χ0) is 20.8. The number of carbonyl (C=O) groups is 2. The Morgan fingerprint density at radius 1 is 1.34 bits per heavy atom. The summed E-state index contributed by atoms with van der Waals surface area (Å²) in [6, 6.07) is 6.86. The summed E-state index contributed by atoms with van der Waals surface area (Å²) in [5.41, 5.74) is 0.912. The van der Waals surface area contributed by atoms with E-state index in [1.807, 2.05) is 19.2 Å². The fourth-order valence-corrected chi connectivity index (χ4v) is 3.36. The molecule has 1 fully saturated rings. The molecule has 9 heteroatoms. The summed E-state index contributed by atoms with van der Waals surface area (Å²) in [5, 5.41) is 20.0. The van der Waals surface area contributed by atoms with Gasteiger partial charge in [-0.15, -0.1) is 0 Å². The van der Waals surface area contributed by atoms with Gasteiger partial charge in [0.05, 0.1) is 24.4 Å². The molecule has 1 saturated carbocycles. The van der Waals surface area contributed by atoms with E-state index in [2.05, 4.69) is 15.7 Å². The number of halogens is 1. The van der Waals surface area contributed by atoms with Gasteiger partial charge in [-0.2, -0.15) is 5.10 Å². The quantitative estimate of drug-likeness (QED) is 0.603. The van der Waals surface area contributed by atoms with Crippen LogP contribution >= 0.6 is 0 Å². The Morgan fingerprint density at radius 3 is 2.90 bits per heavy atom. The Bertz CT molecular complexity index is 857. The van der Waals surface area contributed by atoms with E-state index in [1.165, 1.54) is 18.2 Å². The van der Waals surface area contributed by atoms with Crippen LogP contribution in [0.2, 0.25) is 0 Å². The van der Waals surface area contributed by atoms with E-state index < -0.39 is 23.9 Å². The molecule has 0 aliphatic heterocycles. The first-order valence-electron chi connectivity index (χ1n) is 9.54. The highest BCUT2D eigenvalue weighted by molar-refractivity contribution is 5.80. The first-order chi connectivity index (χ1) is 13.9. The Kier molecular flexibility index (Phi) is 6.82. The number of amides is 2. The summed E-state index contributed by atoms with van der Waals surface area (Å²) in [6.07, 6.45) is 1.66. The maximum Gasteiger partial charge on any atom is 0.258 e. The van der Waals surface area contributed by atoms with Crippen molar-refractivity contribution in [3.63, 3.8) is 0 Å². The number of nitrogens with zero attached hydrogens (tertiary/aromatic N) is 2. The van der Waals surface area contributed by atoms with Crippen LogP contribution in [0, 0.1) is 18.7 Å². The van der Waals surface area contributed by atoms with Crippen molar-refractivity contribution in [1.82, 2.24) is 20.4 Å². The highest BCUT2D eigenvalue weighted by Gasteiger charge is 2.37. The third kappa shape index (κ3) is 6.02. The van der Waals surface area contributed by atoms with Gasteiger partial charge in [0, 0.05) is 24.7 Å². The molecule has 3 N–H and O–H groups in total. The number of benzene rings is 1. The lowest BCUT2D eigenvalue weighted by Gasteiger charge is -2.16. The van der Waals surface area contributed by atoms with Gasteiger partial charge in [0.25, 0.3) is 5.91 Å². The zero-order valence-electron chi connectivity index (χ0n) is 16.2. The maximum atomic E-state index is 13.1. The molecular formula is C20H25FN4O4. The number of rotatable bonds is 8. The molecule has 1 aromatic heterocycles. The number of aromatic nitrogens is 2. The minimum absolute atomic E-state index is 0.152. The van der Waals surface area contributed by atoms with Crippen molar-refractivity contribution in [2.45, 2.75) is 38.5 Å². The van der Waals surface area contributed by atoms with Crippen LogP contribution in [0.5, 0.6) is 5.75 Å². The van der Waals surface area contributed by atoms with Crippen molar-refractivity contribution < 1.29 is 23.8 Å². The molecule has 0 radical (unpaired) electrons. The number of hydrogen-bond acceptors (Lipinski definition) is 5.